The lowest BCUT2D eigenvalue weighted by atomic mass is 10.0. The Morgan fingerprint density at radius 3 is 3.05 bits per heavy atom. The summed E-state index contributed by atoms with van der Waals surface area (Å²) in [7, 11) is 0. The van der Waals surface area contributed by atoms with E-state index in [9.17, 15) is 4.79 Å². The van der Waals surface area contributed by atoms with E-state index in [1.807, 2.05) is 24.3 Å². The Morgan fingerprint density at radius 1 is 1.38 bits per heavy atom. The molecule has 0 aliphatic carbocycles. The first-order valence-corrected chi connectivity index (χ1v) is 7.54. The molecular formula is C17H20N2O2. The van der Waals surface area contributed by atoms with Crippen LogP contribution >= 0.6 is 0 Å². The molecule has 0 spiro atoms. The number of ketones is 1. The molecule has 2 heterocycles. The van der Waals surface area contributed by atoms with Crippen LogP contribution in [0.25, 0.3) is 10.9 Å². The Hall–Kier alpha value is -1.94. The monoisotopic (exact) mass is 284 g/mol. The van der Waals surface area contributed by atoms with Crippen LogP contribution in [0.5, 0.6) is 0 Å². The highest BCUT2D eigenvalue weighted by atomic mass is 16.5. The Balaban J connectivity index is 1.66. The number of pyridine rings is 1. The number of rotatable bonds is 5. The molecule has 4 heteroatoms. The maximum Gasteiger partial charge on any atom is 0.181 e. The van der Waals surface area contributed by atoms with Crippen molar-refractivity contribution in [2.45, 2.75) is 38.2 Å². The number of nitrogen functional groups attached to an aromatic ring is 1. The zero-order valence-corrected chi connectivity index (χ0v) is 12.0. The van der Waals surface area contributed by atoms with Gasteiger partial charge in [0, 0.05) is 24.1 Å². The fourth-order valence-electron chi connectivity index (χ4n) is 2.84. The first-order valence-electron chi connectivity index (χ1n) is 7.54. The van der Waals surface area contributed by atoms with Gasteiger partial charge in [0.15, 0.2) is 5.78 Å². The van der Waals surface area contributed by atoms with Crippen molar-refractivity contribution in [1.29, 1.82) is 0 Å². The fourth-order valence-corrected chi connectivity index (χ4v) is 2.84. The number of benzene rings is 1. The van der Waals surface area contributed by atoms with Crippen LogP contribution in [0.15, 0.2) is 30.3 Å². The van der Waals surface area contributed by atoms with Crippen LogP contribution in [0, 0.1) is 0 Å². The molecule has 1 aliphatic heterocycles. The summed E-state index contributed by atoms with van der Waals surface area (Å²) >= 11 is 0. The molecule has 21 heavy (non-hydrogen) atoms. The molecular weight excluding hydrogens is 264 g/mol. The van der Waals surface area contributed by atoms with Crippen molar-refractivity contribution in [2.24, 2.45) is 0 Å². The van der Waals surface area contributed by atoms with Gasteiger partial charge >= 0.3 is 0 Å². The average Bonchev–Trinajstić information content (AvgIpc) is 3.00. The summed E-state index contributed by atoms with van der Waals surface area (Å²) in [5.74, 6) is 0.0606. The van der Waals surface area contributed by atoms with Gasteiger partial charge < -0.3 is 10.5 Å². The third-order valence-corrected chi connectivity index (χ3v) is 3.99. The van der Waals surface area contributed by atoms with E-state index in [2.05, 4.69) is 4.98 Å². The molecule has 4 nitrogen and oxygen atoms in total. The second-order valence-corrected chi connectivity index (χ2v) is 5.56. The van der Waals surface area contributed by atoms with Crippen molar-refractivity contribution >= 4 is 22.4 Å². The van der Waals surface area contributed by atoms with E-state index in [1.54, 1.807) is 6.07 Å². The van der Waals surface area contributed by atoms with Crippen molar-refractivity contribution in [3.8, 4) is 0 Å². The predicted octanol–water partition coefficient (Wildman–Crippen LogP) is 3.35. The van der Waals surface area contributed by atoms with Crippen LogP contribution < -0.4 is 5.73 Å². The van der Waals surface area contributed by atoms with Crippen molar-refractivity contribution in [1.82, 2.24) is 4.98 Å². The van der Waals surface area contributed by atoms with Crippen molar-refractivity contribution in [3.05, 3.63) is 36.0 Å². The van der Waals surface area contributed by atoms with E-state index in [0.717, 1.165) is 43.2 Å². The molecule has 1 aromatic carbocycles. The van der Waals surface area contributed by atoms with Gasteiger partial charge in [0.2, 0.25) is 0 Å². The predicted molar refractivity (Wildman–Crippen MR) is 83.3 cm³/mol. The second kappa shape index (κ2) is 6.22. The van der Waals surface area contributed by atoms with Gasteiger partial charge in [-0.1, -0.05) is 18.2 Å². The van der Waals surface area contributed by atoms with Gasteiger partial charge in [0.1, 0.15) is 5.69 Å². The molecule has 110 valence electrons. The number of hydrogen-bond acceptors (Lipinski definition) is 4. The molecule has 2 N–H and O–H groups in total. The van der Waals surface area contributed by atoms with Crippen molar-refractivity contribution in [3.63, 3.8) is 0 Å². The Morgan fingerprint density at radius 2 is 2.24 bits per heavy atom. The van der Waals surface area contributed by atoms with E-state index < -0.39 is 0 Å². The number of anilines is 1. The van der Waals surface area contributed by atoms with E-state index in [0.29, 0.717) is 23.9 Å². The van der Waals surface area contributed by atoms with E-state index in [4.69, 9.17) is 10.5 Å². The second-order valence-electron chi connectivity index (χ2n) is 5.56. The lowest BCUT2D eigenvalue weighted by Crippen LogP contribution is -2.08. The standard InChI is InChI=1S/C17H20N2O2/c18-14-11-16(19-15-8-2-1-7-13(14)15)17(20)9-3-5-12-6-4-10-21-12/h1-2,7-8,11-12H,3-6,9-10H2,(H2,18,19). The molecule has 0 saturated carbocycles. The zero-order chi connectivity index (χ0) is 14.7. The van der Waals surface area contributed by atoms with Gasteiger partial charge in [-0.25, -0.2) is 4.98 Å². The van der Waals surface area contributed by atoms with Crippen LogP contribution in [0.2, 0.25) is 0 Å². The van der Waals surface area contributed by atoms with Gasteiger partial charge in [-0.15, -0.1) is 0 Å². The fraction of sp³-hybridized carbons (Fsp3) is 0.412. The highest BCUT2D eigenvalue weighted by Gasteiger charge is 2.16. The average molecular weight is 284 g/mol. The largest absolute Gasteiger partial charge is 0.398 e. The maximum absolute atomic E-state index is 12.3. The number of nitrogens with zero attached hydrogens (tertiary/aromatic N) is 1. The number of ether oxygens (including phenoxy) is 1. The Bertz CT molecular complexity index is 648. The number of hydrogen-bond donors (Lipinski definition) is 1. The molecule has 1 atom stereocenters. The number of fused-ring (bicyclic) bond motifs is 1. The lowest BCUT2D eigenvalue weighted by Gasteiger charge is -2.09. The summed E-state index contributed by atoms with van der Waals surface area (Å²) < 4.78 is 5.57. The highest BCUT2D eigenvalue weighted by molar-refractivity contribution is 6.00. The minimum atomic E-state index is 0.0606. The molecule has 0 amide bonds. The smallest absolute Gasteiger partial charge is 0.181 e. The summed E-state index contributed by atoms with van der Waals surface area (Å²) in [4.78, 5) is 16.7. The molecule has 1 aliphatic rings. The molecule has 3 rings (SSSR count). The first kappa shape index (κ1) is 14.0. The minimum Gasteiger partial charge on any atom is -0.398 e. The number of aromatic nitrogens is 1. The third kappa shape index (κ3) is 3.22. The first-order chi connectivity index (χ1) is 10.2. The van der Waals surface area contributed by atoms with Gasteiger partial charge in [-0.3, -0.25) is 4.79 Å². The van der Waals surface area contributed by atoms with Crippen LogP contribution in [0.3, 0.4) is 0 Å². The van der Waals surface area contributed by atoms with Crippen LogP contribution in [0.4, 0.5) is 5.69 Å². The summed E-state index contributed by atoms with van der Waals surface area (Å²) in [6.07, 6.45) is 4.90. The van der Waals surface area contributed by atoms with Crippen LogP contribution in [0.1, 0.15) is 42.6 Å². The Kier molecular flexibility index (Phi) is 4.15. The van der Waals surface area contributed by atoms with E-state index in [-0.39, 0.29) is 5.78 Å². The Labute approximate surface area is 124 Å². The van der Waals surface area contributed by atoms with Gasteiger partial charge in [-0.05, 0) is 37.8 Å². The summed E-state index contributed by atoms with van der Waals surface area (Å²) in [6, 6.07) is 9.32. The normalized spacial score (nSPS) is 18.2. The molecule has 1 aromatic heterocycles. The van der Waals surface area contributed by atoms with E-state index in [1.165, 1.54) is 0 Å². The van der Waals surface area contributed by atoms with Gasteiger partial charge in [0.25, 0.3) is 0 Å². The van der Waals surface area contributed by atoms with Crippen molar-refractivity contribution < 1.29 is 9.53 Å². The lowest BCUT2D eigenvalue weighted by molar-refractivity contribution is 0.0919. The zero-order valence-electron chi connectivity index (χ0n) is 12.0. The molecule has 1 fully saturated rings. The minimum absolute atomic E-state index is 0.0606. The summed E-state index contributed by atoms with van der Waals surface area (Å²) in [5.41, 5.74) is 7.87. The SMILES string of the molecule is Nc1cc(C(=O)CCCC2CCCO2)nc2ccccc12. The number of carbonyl (C=O) groups is 1. The highest BCUT2D eigenvalue weighted by Crippen LogP contribution is 2.22. The molecule has 0 bridgehead atoms. The topological polar surface area (TPSA) is 65.2 Å². The van der Waals surface area contributed by atoms with Gasteiger partial charge in [-0.2, -0.15) is 0 Å². The van der Waals surface area contributed by atoms with Crippen LogP contribution in [-0.2, 0) is 4.74 Å². The van der Waals surface area contributed by atoms with Crippen LogP contribution in [-0.4, -0.2) is 23.5 Å². The molecule has 2 aromatic rings. The quantitative estimate of drug-likeness (QED) is 0.855. The number of nitrogens with two attached hydrogens (primary N) is 1. The molecule has 0 radical (unpaired) electrons. The number of para-hydroxylation sites is 1. The maximum atomic E-state index is 12.3. The number of carbonyl (C=O) groups excluding carboxylic acids is 1. The molecule has 1 unspecified atom stereocenters. The molecule has 1 saturated heterocycles. The number of Topliss-reactive ketones (excluding diaryl/α,β-unsaturated/α-hetero) is 1. The van der Waals surface area contributed by atoms with Crippen molar-refractivity contribution in [2.75, 3.05) is 12.3 Å². The van der Waals surface area contributed by atoms with Gasteiger partial charge in [0.05, 0.1) is 11.6 Å². The summed E-state index contributed by atoms with van der Waals surface area (Å²) in [6.45, 7) is 0.862. The third-order valence-electron chi connectivity index (χ3n) is 3.99. The van der Waals surface area contributed by atoms with E-state index >= 15 is 0 Å². The summed E-state index contributed by atoms with van der Waals surface area (Å²) in [5, 5.41) is 0.897.